The van der Waals surface area contributed by atoms with Crippen LogP contribution in [0.4, 0.5) is 4.79 Å². The number of rotatable bonds is 3. The van der Waals surface area contributed by atoms with E-state index in [1.807, 2.05) is 0 Å². The van der Waals surface area contributed by atoms with Crippen molar-refractivity contribution in [3.63, 3.8) is 0 Å². The third-order valence-corrected chi connectivity index (χ3v) is 3.39. The third-order valence-electron chi connectivity index (χ3n) is 3.39. The molecule has 1 aromatic carbocycles. The van der Waals surface area contributed by atoms with Gasteiger partial charge in [-0.05, 0) is 12.1 Å². The molecular formula is C14H16N2O5. The van der Waals surface area contributed by atoms with Crippen molar-refractivity contribution < 1.29 is 24.2 Å². The van der Waals surface area contributed by atoms with Crippen LogP contribution in [0.15, 0.2) is 30.3 Å². The molecule has 1 saturated heterocycles. The Labute approximate surface area is 121 Å². The quantitative estimate of drug-likeness (QED) is 0.800. The lowest BCUT2D eigenvalue weighted by molar-refractivity contribution is -0.145. The van der Waals surface area contributed by atoms with Crippen LogP contribution in [0.3, 0.4) is 0 Å². The van der Waals surface area contributed by atoms with Gasteiger partial charge < -0.3 is 15.2 Å². The Morgan fingerprint density at radius 3 is 2.52 bits per heavy atom. The van der Waals surface area contributed by atoms with E-state index in [0.717, 1.165) is 4.90 Å². The number of carboxylic acid groups (broad SMARTS) is 1. The second kappa shape index (κ2) is 6.25. The summed E-state index contributed by atoms with van der Waals surface area (Å²) in [7, 11) is 1.21. The van der Waals surface area contributed by atoms with Gasteiger partial charge in [0.25, 0.3) is 5.91 Å². The number of amides is 2. The minimum Gasteiger partial charge on any atom is -0.467 e. The molecule has 1 fully saturated rings. The normalized spacial score (nSPS) is 20.9. The van der Waals surface area contributed by atoms with E-state index in [4.69, 9.17) is 5.11 Å². The average molecular weight is 292 g/mol. The number of likely N-dealkylation sites (tertiary alicyclic amines) is 1. The summed E-state index contributed by atoms with van der Waals surface area (Å²) in [5.41, 5.74) is 0.487. The number of nitrogens with one attached hydrogen (secondary N) is 1. The highest BCUT2D eigenvalue weighted by Crippen LogP contribution is 2.19. The zero-order valence-electron chi connectivity index (χ0n) is 11.5. The molecule has 1 aromatic rings. The van der Waals surface area contributed by atoms with Gasteiger partial charge in [0.1, 0.15) is 6.04 Å². The maximum absolute atomic E-state index is 12.0. The van der Waals surface area contributed by atoms with Gasteiger partial charge in [0.15, 0.2) is 0 Å². The maximum Gasteiger partial charge on any atom is 0.408 e. The maximum atomic E-state index is 12.0. The van der Waals surface area contributed by atoms with Crippen LogP contribution < -0.4 is 5.32 Å². The van der Waals surface area contributed by atoms with E-state index in [1.165, 1.54) is 7.11 Å². The van der Waals surface area contributed by atoms with Crippen LogP contribution in [0, 0.1) is 0 Å². The van der Waals surface area contributed by atoms with Crippen LogP contribution >= 0.6 is 0 Å². The summed E-state index contributed by atoms with van der Waals surface area (Å²) in [5.74, 6) is -0.912. The second-order valence-electron chi connectivity index (χ2n) is 4.75. The Bertz CT molecular complexity index is 546. The molecule has 2 rings (SSSR count). The molecular weight excluding hydrogens is 276 g/mol. The number of ether oxygens (including phenoxy) is 1. The predicted octanol–water partition coefficient (Wildman–Crippen LogP) is 0.710. The topological polar surface area (TPSA) is 95.9 Å². The molecule has 0 radical (unpaired) electrons. The lowest BCUT2D eigenvalue weighted by Crippen LogP contribution is -2.41. The van der Waals surface area contributed by atoms with Gasteiger partial charge in [0, 0.05) is 24.6 Å². The zero-order chi connectivity index (χ0) is 15.4. The second-order valence-corrected chi connectivity index (χ2v) is 4.75. The van der Waals surface area contributed by atoms with Crippen LogP contribution in [-0.2, 0) is 9.53 Å². The van der Waals surface area contributed by atoms with Gasteiger partial charge in [-0.15, -0.1) is 0 Å². The summed E-state index contributed by atoms with van der Waals surface area (Å²) >= 11 is 0. The molecule has 0 saturated carbocycles. The Morgan fingerprint density at radius 1 is 1.29 bits per heavy atom. The number of carbonyl (C=O) groups is 3. The Morgan fingerprint density at radius 2 is 1.95 bits per heavy atom. The highest BCUT2D eigenvalue weighted by Gasteiger charge is 2.41. The molecule has 7 heteroatoms. The fourth-order valence-electron chi connectivity index (χ4n) is 2.37. The largest absolute Gasteiger partial charge is 0.467 e. The Kier molecular flexibility index (Phi) is 4.42. The van der Waals surface area contributed by atoms with Crippen molar-refractivity contribution in [1.82, 2.24) is 10.2 Å². The fourth-order valence-corrected chi connectivity index (χ4v) is 2.37. The molecule has 0 bridgehead atoms. The number of carbonyl (C=O) groups excluding carboxylic acids is 2. The van der Waals surface area contributed by atoms with Gasteiger partial charge in [-0.25, -0.2) is 9.59 Å². The van der Waals surface area contributed by atoms with E-state index < -0.39 is 24.1 Å². The number of methoxy groups -OCH3 is 1. The monoisotopic (exact) mass is 292 g/mol. The van der Waals surface area contributed by atoms with Crippen LogP contribution in [0.25, 0.3) is 0 Å². The van der Waals surface area contributed by atoms with E-state index in [2.05, 4.69) is 10.1 Å². The van der Waals surface area contributed by atoms with Gasteiger partial charge in [-0.2, -0.15) is 0 Å². The van der Waals surface area contributed by atoms with Crippen molar-refractivity contribution in [2.45, 2.75) is 18.5 Å². The van der Waals surface area contributed by atoms with Crippen molar-refractivity contribution in [2.24, 2.45) is 0 Å². The number of nitrogens with zero attached hydrogens (tertiary/aromatic N) is 1. The predicted molar refractivity (Wildman–Crippen MR) is 72.8 cm³/mol. The third kappa shape index (κ3) is 3.31. The summed E-state index contributed by atoms with van der Waals surface area (Å²) < 4.78 is 4.60. The summed E-state index contributed by atoms with van der Waals surface area (Å²) in [4.78, 5) is 35.7. The summed E-state index contributed by atoms with van der Waals surface area (Å²) in [6.45, 7) is 0.0632. The molecule has 1 aliphatic heterocycles. The number of esters is 1. The van der Waals surface area contributed by atoms with E-state index in [-0.39, 0.29) is 18.9 Å². The highest BCUT2D eigenvalue weighted by atomic mass is 16.5. The van der Waals surface area contributed by atoms with Crippen LogP contribution in [-0.4, -0.2) is 53.7 Å². The number of hydrogen-bond acceptors (Lipinski definition) is 4. The van der Waals surface area contributed by atoms with E-state index in [9.17, 15) is 14.4 Å². The van der Waals surface area contributed by atoms with Gasteiger partial charge >= 0.3 is 12.1 Å². The van der Waals surface area contributed by atoms with Gasteiger partial charge in [0.05, 0.1) is 7.11 Å². The Hall–Kier alpha value is -2.57. The molecule has 0 spiro atoms. The molecule has 1 heterocycles. The van der Waals surface area contributed by atoms with Crippen molar-refractivity contribution >= 4 is 18.0 Å². The summed E-state index contributed by atoms with van der Waals surface area (Å²) in [6, 6.07) is 7.31. The molecule has 112 valence electrons. The molecule has 2 N–H and O–H groups in total. The van der Waals surface area contributed by atoms with E-state index in [0.29, 0.717) is 5.56 Å². The standard InChI is InChI=1S/C14H16N2O5/c1-21-13(18)11-7-10(8-16(11)14(19)20)15-12(17)9-5-3-2-4-6-9/h2-6,10-11H,7-8H2,1H3,(H,15,17)(H,19,20). The minimum atomic E-state index is -1.21. The molecule has 2 unspecified atom stereocenters. The van der Waals surface area contributed by atoms with E-state index >= 15 is 0 Å². The molecule has 21 heavy (non-hydrogen) atoms. The van der Waals surface area contributed by atoms with Crippen LogP contribution in [0.1, 0.15) is 16.8 Å². The molecule has 0 aromatic heterocycles. The van der Waals surface area contributed by atoms with Crippen LogP contribution in [0.5, 0.6) is 0 Å². The first-order valence-corrected chi connectivity index (χ1v) is 6.46. The summed E-state index contributed by atoms with van der Waals surface area (Å²) in [6.07, 6.45) is -1.00. The first-order valence-electron chi connectivity index (χ1n) is 6.46. The van der Waals surface area contributed by atoms with Crippen molar-refractivity contribution in [3.05, 3.63) is 35.9 Å². The smallest absolute Gasteiger partial charge is 0.408 e. The SMILES string of the molecule is COC(=O)C1CC(NC(=O)c2ccccc2)CN1C(=O)O. The fraction of sp³-hybridized carbons (Fsp3) is 0.357. The molecule has 0 aliphatic carbocycles. The minimum absolute atomic E-state index is 0.0632. The highest BCUT2D eigenvalue weighted by molar-refractivity contribution is 5.94. The van der Waals surface area contributed by atoms with E-state index in [1.54, 1.807) is 30.3 Å². The van der Waals surface area contributed by atoms with Crippen molar-refractivity contribution in [1.29, 1.82) is 0 Å². The molecule has 1 aliphatic rings. The lowest BCUT2D eigenvalue weighted by atomic mass is 10.1. The number of hydrogen-bond donors (Lipinski definition) is 2. The van der Waals surface area contributed by atoms with Crippen LogP contribution in [0.2, 0.25) is 0 Å². The number of benzene rings is 1. The van der Waals surface area contributed by atoms with Gasteiger partial charge in [-0.1, -0.05) is 18.2 Å². The van der Waals surface area contributed by atoms with Gasteiger partial charge in [-0.3, -0.25) is 9.69 Å². The average Bonchev–Trinajstić information content (AvgIpc) is 2.91. The first-order chi connectivity index (χ1) is 10.0. The summed E-state index contributed by atoms with van der Waals surface area (Å²) in [5, 5.41) is 11.8. The zero-order valence-corrected chi connectivity index (χ0v) is 11.5. The van der Waals surface area contributed by atoms with Crippen molar-refractivity contribution in [3.8, 4) is 0 Å². The van der Waals surface area contributed by atoms with Crippen molar-refractivity contribution in [2.75, 3.05) is 13.7 Å². The molecule has 2 atom stereocenters. The molecule has 7 nitrogen and oxygen atoms in total. The lowest BCUT2D eigenvalue weighted by Gasteiger charge is -2.18. The Balaban J connectivity index is 2.04. The van der Waals surface area contributed by atoms with Gasteiger partial charge in [0.2, 0.25) is 0 Å². The molecule has 2 amide bonds. The first kappa shape index (κ1) is 14.8.